The molecule has 3 amide bonds. The number of hydrogen-bond acceptors (Lipinski definition) is 6. The highest BCUT2D eigenvalue weighted by atomic mass is 19.2. The highest BCUT2D eigenvalue weighted by Gasteiger charge is 2.35. The average Bonchev–Trinajstić information content (AvgIpc) is 3.35. The summed E-state index contributed by atoms with van der Waals surface area (Å²) in [6.07, 6.45) is -2.62. The van der Waals surface area contributed by atoms with Crippen molar-refractivity contribution in [2.75, 3.05) is 36.5 Å². The maximum absolute atomic E-state index is 14.9. The molecule has 0 saturated carbocycles. The molecule has 1 N–H and O–H groups in total. The zero-order valence-electron chi connectivity index (χ0n) is 17.4. The normalized spacial score (nSPS) is 20.2. The standard InChI is InChI=1S/C21H19F3N4O5/c1-32-20(30)26-9-12-10-28(21(31)33-12)15-4-3-13(17(23)18(15)24)11-2-5-16(25-8-11)27-7-6-14(22)19(27)29/h2-5,8,12,14H,6-7,9-10H2,1H3,(H,26,30)/t12-,14?/m0/s1. The lowest BCUT2D eigenvalue weighted by Gasteiger charge is -2.17. The third-order valence-electron chi connectivity index (χ3n) is 5.36. The molecular formula is C21H19F3N4O5. The predicted molar refractivity (Wildman–Crippen MR) is 109 cm³/mol. The van der Waals surface area contributed by atoms with Crippen molar-refractivity contribution in [3.05, 3.63) is 42.1 Å². The Morgan fingerprint density at radius 1 is 1.21 bits per heavy atom. The molecule has 2 fully saturated rings. The van der Waals surface area contributed by atoms with E-state index in [-0.39, 0.29) is 48.7 Å². The summed E-state index contributed by atoms with van der Waals surface area (Å²) in [6, 6.07) is 5.39. The maximum atomic E-state index is 14.9. The minimum Gasteiger partial charge on any atom is -0.453 e. The number of benzene rings is 1. The number of methoxy groups -OCH3 is 1. The largest absolute Gasteiger partial charge is 0.453 e. The van der Waals surface area contributed by atoms with Gasteiger partial charge in [-0.3, -0.25) is 14.6 Å². The fraction of sp³-hybridized carbons (Fsp3) is 0.333. The molecule has 4 rings (SSSR count). The van der Waals surface area contributed by atoms with E-state index < -0.39 is 42.0 Å². The number of carbonyl (C=O) groups is 3. The number of anilines is 2. The van der Waals surface area contributed by atoms with Gasteiger partial charge < -0.3 is 14.8 Å². The number of hydrogen-bond donors (Lipinski definition) is 1. The number of alkyl carbamates (subject to hydrolysis) is 1. The van der Waals surface area contributed by atoms with Crippen molar-refractivity contribution < 1.29 is 37.0 Å². The van der Waals surface area contributed by atoms with Crippen LogP contribution in [0.15, 0.2) is 30.5 Å². The summed E-state index contributed by atoms with van der Waals surface area (Å²) in [5.74, 6) is -2.93. The third kappa shape index (κ3) is 4.28. The molecular weight excluding hydrogens is 445 g/mol. The number of rotatable bonds is 5. The highest BCUT2D eigenvalue weighted by molar-refractivity contribution is 5.98. The van der Waals surface area contributed by atoms with E-state index in [9.17, 15) is 27.6 Å². The molecule has 12 heteroatoms. The number of aromatic nitrogens is 1. The van der Waals surface area contributed by atoms with Gasteiger partial charge in [0.25, 0.3) is 5.91 Å². The molecule has 2 atom stereocenters. The lowest BCUT2D eigenvalue weighted by Crippen LogP contribution is -2.34. The van der Waals surface area contributed by atoms with E-state index in [2.05, 4.69) is 15.0 Å². The first-order valence-electron chi connectivity index (χ1n) is 10.00. The van der Waals surface area contributed by atoms with Gasteiger partial charge in [0.2, 0.25) is 0 Å². The third-order valence-corrected chi connectivity index (χ3v) is 5.36. The van der Waals surface area contributed by atoms with E-state index in [1.165, 1.54) is 42.5 Å². The van der Waals surface area contributed by atoms with Gasteiger partial charge in [-0.15, -0.1) is 0 Å². The number of nitrogens with one attached hydrogen (secondary N) is 1. The van der Waals surface area contributed by atoms with Gasteiger partial charge in [-0.2, -0.15) is 0 Å². The van der Waals surface area contributed by atoms with Crippen molar-refractivity contribution in [2.45, 2.75) is 18.7 Å². The summed E-state index contributed by atoms with van der Waals surface area (Å²) < 4.78 is 52.7. The van der Waals surface area contributed by atoms with Crippen LogP contribution in [0.25, 0.3) is 11.1 Å². The molecule has 3 heterocycles. The molecule has 1 aromatic heterocycles. The Bertz CT molecular complexity index is 1100. The number of ether oxygens (including phenoxy) is 2. The topological polar surface area (TPSA) is 101 Å². The first-order valence-corrected chi connectivity index (χ1v) is 10.00. The van der Waals surface area contributed by atoms with Crippen LogP contribution in [0.3, 0.4) is 0 Å². The fourth-order valence-electron chi connectivity index (χ4n) is 3.64. The summed E-state index contributed by atoms with van der Waals surface area (Å²) in [4.78, 5) is 41.3. The molecule has 2 aliphatic heterocycles. The van der Waals surface area contributed by atoms with Crippen LogP contribution in [-0.2, 0) is 14.3 Å². The van der Waals surface area contributed by atoms with Crippen molar-refractivity contribution in [1.82, 2.24) is 10.3 Å². The van der Waals surface area contributed by atoms with Crippen LogP contribution < -0.4 is 15.1 Å². The Morgan fingerprint density at radius 2 is 2.00 bits per heavy atom. The summed E-state index contributed by atoms with van der Waals surface area (Å²) in [5, 5.41) is 2.37. The van der Waals surface area contributed by atoms with Crippen LogP contribution in [0.4, 0.5) is 34.3 Å². The molecule has 33 heavy (non-hydrogen) atoms. The molecule has 0 radical (unpaired) electrons. The average molecular weight is 464 g/mol. The van der Waals surface area contributed by atoms with Crippen LogP contribution >= 0.6 is 0 Å². The monoisotopic (exact) mass is 464 g/mol. The summed E-state index contributed by atoms with van der Waals surface area (Å²) in [7, 11) is 1.18. The van der Waals surface area contributed by atoms with Gasteiger partial charge in [-0.25, -0.2) is 27.7 Å². The van der Waals surface area contributed by atoms with Gasteiger partial charge in [0, 0.05) is 30.3 Å². The first kappa shape index (κ1) is 22.4. The number of pyridine rings is 1. The highest BCUT2D eigenvalue weighted by Crippen LogP contribution is 2.33. The van der Waals surface area contributed by atoms with Crippen LogP contribution in [0.1, 0.15) is 6.42 Å². The van der Waals surface area contributed by atoms with Crippen LogP contribution in [0, 0.1) is 11.6 Å². The molecule has 9 nitrogen and oxygen atoms in total. The number of carbonyl (C=O) groups excluding carboxylic acids is 3. The van der Waals surface area contributed by atoms with Crippen LogP contribution in [0.5, 0.6) is 0 Å². The van der Waals surface area contributed by atoms with E-state index >= 15 is 0 Å². The maximum Gasteiger partial charge on any atom is 0.414 e. The predicted octanol–water partition coefficient (Wildman–Crippen LogP) is 2.78. The Labute approximate surface area is 186 Å². The lowest BCUT2D eigenvalue weighted by atomic mass is 10.1. The summed E-state index contributed by atoms with van der Waals surface area (Å²) in [6.45, 7) is 0.0259. The van der Waals surface area contributed by atoms with Gasteiger partial charge in [0.1, 0.15) is 11.9 Å². The van der Waals surface area contributed by atoms with Crippen molar-refractivity contribution >= 4 is 29.6 Å². The van der Waals surface area contributed by atoms with Gasteiger partial charge >= 0.3 is 12.2 Å². The number of halogens is 3. The SMILES string of the molecule is COC(=O)NC[C@H]1CN(c2ccc(-c3ccc(N4CCC(F)C4=O)nc3)c(F)c2F)C(=O)O1. The summed E-state index contributed by atoms with van der Waals surface area (Å²) in [5.41, 5.74) is -0.194. The van der Waals surface area contributed by atoms with E-state index in [1.54, 1.807) is 0 Å². The summed E-state index contributed by atoms with van der Waals surface area (Å²) >= 11 is 0. The Kier molecular flexibility index (Phi) is 6.07. The number of nitrogens with zero attached hydrogens (tertiary/aromatic N) is 3. The molecule has 0 aliphatic carbocycles. The van der Waals surface area contributed by atoms with Crippen molar-refractivity contribution in [3.63, 3.8) is 0 Å². The Morgan fingerprint density at radius 3 is 2.64 bits per heavy atom. The molecule has 1 unspecified atom stereocenters. The second-order valence-electron chi connectivity index (χ2n) is 7.40. The van der Waals surface area contributed by atoms with Crippen LogP contribution in [-0.4, -0.2) is 62.1 Å². The molecule has 1 aromatic carbocycles. The smallest absolute Gasteiger partial charge is 0.414 e. The van der Waals surface area contributed by atoms with E-state index in [1.807, 2.05) is 0 Å². The van der Waals surface area contributed by atoms with Crippen LogP contribution in [0.2, 0.25) is 0 Å². The Balaban J connectivity index is 1.51. The molecule has 0 bridgehead atoms. The van der Waals surface area contributed by atoms with Gasteiger partial charge in [-0.05, 0) is 24.3 Å². The number of cyclic esters (lactones) is 1. The Hall–Kier alpha value is -3.83. The van der Waals surface area contributed by atoms with E-state index in [0.717, 1.165) is 4.90 Å². The second kappa shape index (κ2) is 8.96. The van der Waals surface area contributed by atoms with E-state index in [4.69, 9.17) is 4.74 Å². The zero-order chi connectivity index (χ0) is 23.7. The molecule has 2 aromatic rings. The molecule has 2 saturated heterocycles. The van der Waals surface area contributed by atoms with E-state index in [0.29, 0.717) is 0 Å². The van der Waals surface area contributed by atoms with Gasteiger partial charge in [-0.1, -0.05) is 0 Å². The minimum absolute atomic E-state index is 0.0577. The number of amides is 3. The fourth-order valence-corrected chi connectivity index (χ4v) is 3.64. The van der Waals surface area contributed by atoms with Gasteiger partial charge in [0.15, 0.2) is 17.8 Å². The van der Waals surface area contributed by atoms with Gasteiger partial charge in [0.05, 0.1) is 25.9 Å². The molecule has 2 aliphatic rings. The molecule has 0 spiro atoms. The molecule has 174 valence electrons. The second-order valence-corrected chi connectivity index (χ2v) is 7.40. The quantitative estimate of drug-likeness (QED) is 0.731. The van der Waals surface area contributed by atoms with Crippen molar-refractivity contribution in [1.29, 1.82) is 0 Å². The zero-order valence-corrected chi connectivity index (χ0v) is 17.4. The first-order chi connectivity index (χ1) is 15.8. The number of alkyl halides is 1. The van der Waals surface area contributed by atoms with Crippen molar-refractivity contribution in [3.8, 4) is 11.1 Å². The lowest BCUT2D eigenvalue weighted by molar-refractivity contribution is -0.121. The minimum atomic E-state index is -1.57. The van der Waals surface area contributed by atoms with Crippen molar-refractivity contribution in [2.24, 2.45) is 0 Å².